The maximum absolute atomic E-state index is 11.8. The minimum Gasteiger partial charge on any atom is -0.480 e. The third-order valence-corrected chi connectivity index (χ3v) is 2.73. The number of nitrogens with one attached hydrogen (secondary N) is 1. The van der Waals surface area contributed by atoms with Crippen molar-refractivity contribution < 1.29 is 14.7 Å². The third kappa shape index (κ3) is 4.22. The average Bonchev–Trinajstić information content (AvgIpc) is 2.35. The summed E-state index contributed by atoms with van der Waals surface area (Å²) < 4.78 is 0. The van der Waals surface area contributed by atoms with Crippen LogP contribution in [0, 0.1) is 0 Å². The van der Waals surface area contributed by atoms with Gasteiger partial charge in [0.2, 0.25) is 0 Å². The van der Waals surface area contributed by atoms with Crippen molar-refractivity contribution in [3.05, 3.63) is 24.0 Å². The first kappa shape index (κ1) is 15.9. The second kappa shape index (κ2) is 6.36. The van der Waals surface area contributed by atoms with Crippen LogP contribution < -0.4 is 10.2 Å². The quantitative estimate of drug-likeness (QED) is 0.854. The standard InChI is InChI=1S/C14H21N3O3/c1-5-15-13(20)11-8-10(6-7-16-11)17(9-12(18)19)14(2,3)4/h6-8H,5,9H2,1-4H3,(H,15,20)(H,18,19). The highest BCUT2D eigenvalue weighted by molar-refractivity contribution is 5.93. The molecule has 1 amide bonds. The number of anilines is 1. The molecule has 0 spiro atoms. The highest BCUT2D eigenvalue weighted by Gasteiger charge is 2.24. The van der Waals surface area contributed by atoms with Gasteiger partial charge in [0.15, 0.2) is 0 Å². The molecule has 6 nitrogen and oxygen atoms in total. The lowest BCUT2D eigenvalue weighted by Gasteiger charge is -2.36. The van der Waals surface area contributed by atoms with Gasteiger partial charge < -0.3 is 15.3 Å². The number of carboxylic acids is 1. The fraction of sp³-hybridized carbons (Fsp3) is 0.500. The number of hydrogen-bond donors (Lipinski definition) is 2. The molecule has 0 aliphatic heterocycles. The van der Waals surface area contributed by atoms with Crippen molar-refractivity contribution in [2.75, 3.05) is 18.0 Å². The van der Waals surface area contributed by atoms with Gasteiger partial charge in [0, 0.05) is 24.0 Å². The fourth-order valence-corrected chi connectivity index (χ4v) is 1.81. The minimum atomic E-state index is -0.920. The van der Waals surface area contributed by atoms with Crippen LogP contribution in [0.2, 0.25) is 0 Å². The molecule has 0 aliphatic rings. The van der Waals surface area contributed by atoms with Crippen molar-refractivity contribution in [3.63, 3.8) is 0 Å². The molecule has 1 aromatic heterocycles. The van der Waals surface area contributed by atoms with Gasteiger partial charge in [0.05, 0.1) is 0 Å². The van der Waals surface area contributed by atoms with E-state index in [1.54, 1.807) is 17.0 Å². The number of amides is 1. The van der Waals surface area contributed by atoms with Crippen LogP contribution in [0.4, 0.5) is 5.69 Å². The van der Waals surface area contributed by atoms with Crippen LogP contribution in [0.1, 0.15) is 38.2 Å². The summed E-state index contributed by atoms with van der Waals surface area (Å²) in [5.74, 6) is -1.19. The summed E-state index contributed by atoms with van der Waals surface area (Å²) in [7, 11) is 0. The van der Waals surface area contributed by atoms with Gasteiger partial charge in [-0.25, -0.2) is 0 Å². The lowest BCUT2D eigenvalue weighted by molar-refractivity contribution is -0.135. The van der Waals surface area contributed by atoms with Crippen LogP contribution >= 0.6 is 0 Å². The average molecular weight is 279 g/mol. The van der Waals surface area contributed by atoms with E-state index in [0.717, 1.165) is 0 Å². The lowest BCUT2D eigenvalue weighted by Crippen LogP contribution is -2.44. The summed E-state index contributed by atoms with van der Waals surface area (Å²) >= 11 is 0. The second-order valence-electron chi connectivity index (χ2n) is 5.41. The first-order valence-corrected chi connectivity index (χ1v) is 6.49. The molecular formula is C14H21N3O3. The Kier molecular flexibility index (Phi) is 5.07. The Bertz CT molecular complexity index is 495. The molecule has 20 heavy (non-hydrogen) atoms. The summed E-state index contributed by atoms with van der Waals surface area (Å²) in [6.45, 7) is 7.96. The number of pyridine rings is 1. The van der Waals surface area contributed by atoms with Gasteiger partial charge in [-0.2, -0.15) is 0 Å². The van der Waals surface area contributed by atoms with Crippen LogP contribution in [0.3, 0.4) is 0 Å². The predicted molar refractivity (Wildman–Crippen MR) is 77.0 cm³/mol. The molecule has 0 radical (unpaired) electrons. The first-order chi connectivity index (χ1) is 9.25. The van der Waals surface area contributed by atoms with Crippen LogP contribution in [0.5, 0.6) is 0 Å². The molecule has 2 N–H and O–H groups in total. The molecule has 0 atom stereocenters. The maximum atomic E-state index is 11.8. The maximum Gasteiger partial charge on any atom is 0.323 e. The van der Waals surface area contributed by atoms with E-state index >= 15 is 0 Å². The van der Waals surface area contributed by atoms with Crippen molar-refractivity contribution in [1.82, 2.24) is 10.3 Å². The molecule has 6 heteroatoms. The summed E-state index contributed by atoms with van der Waals surface area (Å²) in [5.41, 5.74) is 0.568. The van der Waals surface area contributed by atoms with Crippen LogP contribution in [0.15, 0.2) is 18.3 Å². The highest BCUT2D eigenvalue weighted by Crippen LogP contribution is 2.23. The van der Waals surface area contributed by atoms with Gasteiger partial charge in [-0.1, -0.05) is 0 Å². The van der Waals surface area contributed by atoms with E-state index in [1.165, 1.54) is 6.20 Å². The third-order valence-electron chi connectivity index (χ3n) is 2.73. The van der Waals surface area contributed by atoms with Gasteiger partial charge in [-0.3, -0.25) is 14.6 Å². The molecular weight excluding hydrogens is 258 g/mol. The molecule has 0 bridgehead atoms. The Labute approximate surface area is 118 Å². The van der Waals surface area contributed by atoms with Gasteiger partial charge in [-0.05, 0) is 39.8 Å². The number of rotatable bonds is 5. The topological polar surface area (TPSA) is 82.5 Å². The van der Waals surface area contributed by atoms with Crippen molar-refractivity contribution in [1.29, 1.82) is 0 Å². The molecule has 1 aromatic rings. The Morgan fingerprint density at radius 2 is 2.05 bits per heavy atom. The Hall–Kier alpha value is -2.11. The van der Waals surface area contributed by atoms with Crippen LogP contribution in [-0.2, 0) is 4.79 Å². The molecule has 0 saturated heterocycles. The van der Waals surface area contributed by atoms with Crippen molar-refractivity contribution in [2.24, 2.45) is 0 Å². The Morgan fingerprint density at radius 1 is 1.40 bits per heavy atom. The van der Waals surface area contributed by atoms with Crippen molar-refractivity contribution in [2.45, 2.75) is 33.2 Å². The van der Waals surface area contributed by atoms with E-state index in [4.69, 9.17) is 5.11 Å². The molecule has 0 fully saturated rings. The van der Waals surface area contributed by atoms with E-state index < -0.39 is 5.97 Å². The molecule has 0 unspecified atom stereocenters. The van der Waals surface area contributed by atoms with E-state index in [1.807, 2.05) is 27.7 Å². The van der Waals surface area contributed by atoms with Crippen molar-refractivity contribution >= 4 is 17.6 Å². The molecule has 1 heterocycles. The minimum absolute atomic E-state index is 0.137. The van der Waals surface area contributed by atoms with Crippen LogP contribution in [0.25, 0.3) is 0 Å². The summed E-state index contributed by atoms with van der Waals surface area (Å²) in [4.78, 5) is 28.5. The zero-order valence-electron chi connectivity index (χ0n) is 12.3. The normalized spacial score (nSPS) is 11.0. The van der Waals surface area contributed by atoms with Gasteiger partial charge in [-0.15, -0.1) is 0 Å². The number of nitrogens with zero attached hydrogens (tertiary/aromatic N) is 2. The van der Waals surface area contributed by atoms with E-state index in [-0.39, 0.29) is 23.7 Å². The molecule has 0 aromatic carbocycles. The fourth-order valence-electron chi connectivity index (χ4n) is 1.81. The highest BCUT2D eigenvalue weighted by atomic mass is 16.4. The zero-order chi connectivity index (χ0) is 15.3. The van der Waals surface area contributed by atoms with Crippen molar-refractivity contribution in [3.8, 4) is 0 Å². The molecule has 0 saturated carbocycles. The first-order valence-electron chi connectivity index (χ1n) is 6.49. The largest absolute Gasteiger partial charge is 0.480 e. The monoisotopic (exact) mass is 279 g/mol. The number of hydrogen-bond acceptors (Lipinski definition) is 4. The molecule has 110 valence electrons. The molecule has 1 rings (SSSR count). The molecule has 0 aliphatic carbocycles. The predicted octanol–water partition coefficient (Wildman–Crippen LogP) is 1.52. The Balaban J connectivity index is 3.11. The number of aliphatic carboxylic acids is 1. The smallest absolute Gasteiger partial charge is 0.323 e. The summed E-state index contributed by atoms with van der Waals surface area (Å²) in [6.07, 6.45) is 1.51. The van der Waals surface area contributed by atoms with Gasteiger partial charge in [0.25, 0.3) is 5.91 Å². The van der Waals surface area contributed by atoms with Crippen LogP contribution in [-0.4, -0.2) is 40.6 Å². The van der Waals surface area contributed by atoms with E-state index in [0.29, 0.717) is 12.2 Å². The number of carbonyl (C=O) groups is 2. The van der Waals surface area contributed by atoms with E-state index in [9.17, 15) is 9.59 Å². The van der Waals surface area contributed by atoms with Gasteiger partial charge in [0.1, 0.15) is 12.2 Å². The number of aromatic nitrogens is 1. The second-order valence-corrected chi connectivity index (χ2v) is 5.41. The zero-order valence-corrected chi connectivity index (χ0v) is 12.3. The Morgan fingerprint density at radius 3 is 2.55 bits per heavy atom. The lowest BCUT2D eigenvalue weighted by atomic mass is 10.0. The van der Waals surface area contributed by atoms with E-state index in [2.05, 4.69) is 10.3 Å². The summed E-state index contributed by atoms with van der Waals surface area (Å²) in [6, 6.07) is 3.32. The van der Waals surface area contributed by atoms with Gasteiger partial charge >= 0.3 is 5.97 Å². The SMILES string of the molecule is CCNC(=O)c1cc(N(CC(=O)O)C(C)(C)C)ccn1. The number of carboxylic acid groups (broad SMARTS) is 1. The summed E-state index contributed by atoms with van der Waals surface area (Å²) in [5, 5.41) is 11.7. The number of carbonyl (C=O) groups excluding carboxylic acids is 1.